The molecule has 4 rings (SSSR count). The van der Waals surface area contributed by atoms with E-state index in [4.69, 9.17) is 0 Å². The number of fused-ring (bicyclic) bond motifs is 3. The van der Waals surface area contributed by atoms with E-state index >= 15 is 0 Å². The predicted molar refractivity (Wildman–Crippen MR) is 108 cm³/mol. The summed E-state index contributed by atoms with van der Waals surface area (Å²) in [6, 6.07) is 6.36. The van der Waals surface area contributed by atoms with E-state index in [0.717, 1.165) is 33.6 Å². The van der Waals surface area contributed by atoms with Crippen molar-refractivity contribution in [2.75, 3.05) is 7.05 Å². The fourth-order valence-corrected chi connectivity index (χ4v) is 5.86. The first-order valence-electron chi connectivity index (χ1n) is 8.94. The molecule has 1 amide bonds. The molecule has 0 saturated carbocycles. The van der Waals surface area contributed by atoms with Gasteiger partial charge in [0, 0.05) is 23.9 Å². The predicted octanol–water partition coefficient (Wildman–Crippen LogP) is 4.46. The summed E-state index contributed by atoms with van der Waals surface area (Å²) in [5, 5.41) is 1.74. The lowest BCUT2D eigenvalue weighted by molar-refractivity contribution is -0.129. The van der Waals surface area contributed by atoms with E-state index < -0.39 is 0 Å². The van der Waals surface area contributed by atoms with Crippen molar-refractivity contribution in [2.24, 2.45) is 0 Å². The summed E-state index contributed by atoms with van der Waals surface area (Å²) in [5.41, 5.74) is 2.15. The van der Waals surface area contributed by atoms with Crippen molar-refractivity contribution in [3.63, 3.8) is 0 Å². The van der Waals surface area contributed by atoms with Gasteiger partial charge < -0.3 is 4.90 Å². The average molecular weight is 402 g/mol. The SMILES string of the molecule is C[C@H](Sc1ncnc2sc3c(c12)CCC3)C(=O)N(C)Cc1cccc(F)c1. The van der Waals surface area contributed by atoms with E-state index in [-0.39, 0.29) is 17.0 Å². The third kappa shape index (κ3) is 3.71. The van der Waals surface area contributed by atoms with Gasteiger partial charge in [-0.15, -0.1) is 11.3 Å². The Hall–Kier alpha value is -1.99. The Morgan fingerprint density at radius 3 is 3.04 bits per heavy atom. The summed E-state index contributed by atoms with van der Waals surface area (Å²) in [6.07, 6.45) is 4.95. The standard InChI is InChI=1S/C20H20FN3OS2/c1-12(20(25)24(2)10-13-5-3-6-14(21)9-13)26-18-17-15-7-4-8-16(15)27-19(17)23-11-22-18/h3,5-6,9,11-12H,4,7-8,10H2,1-2H3/t12-/m0/s1. The molecule has 3 aromatic rings. The van der Waals surface area contributed by atoms with Crippen LogP contribution in [0.3, 0.4) is 0 Å². The minimum absolute atomic E-state index is 0.00268. The van der Waals surface area contributed by atoms with Crippen molar-refractivity contribution in [2.45, 2.75) is 43.0 Å². The lowest BCUT2D eigenvalue weighted by atomic mass is 10.2. The van der Waals surface area contributed by atoms with Crippen molar-refractivity contribution in [1.29, 1.82) is 0 Å². The highest BCUT2D eigenvalue weighted by Gasteiger charge is 2.25. The fraction of sp³-hybridized carbons (Fsp3) is 0.350. The molecule has 0 unspecified atom stereocenters. The summed E-state index contributed by atoms with van der Waals surface area (Å²) in [5.74, 6) is -0.284. The number of thiophene rings is 1. The molecule has 0 radical (unpaired) electrons. The van der Waals surface area contributed by atoms with Crippen molar-refractivity contribution in [1.82, 2.24) is 14.9 Å². The van der Waals surface area contributed by atoms with Gasteiger partial charge in [0.1, 0.15) is 22.0 Å². The smallest absolute Gasteiger partial charge is 0.235 e. The summed E-state index contributed by atoms with van der Waals surface area (Å²) in [6.45, 7) is 2.28. The zero-order chi connectivity index (χ0) is 19.0. The molecule has 27 heavy (non-hydrogen) atoms. The van der Waals surface area contributed by atoms with Crippen LogP contribution in [0.5, 0.6) is 0 Å². The lowest BCUT2D eigenvalue weighted by Crippen LogP contribution is -2.32. The van der Waals surface area contributed by atoms with Gasteiger partial charge in [0.05, 0.1) is 5.25 Å². The van der Waals surface area contributed by atoms with E-state index in [1.807, 2.05) is 13.0 Å². The molecular formula is C20H20FN3OS2. The Balaban J connectivity index is 1.51. The molecule has 1 aliphatic rings. The second kappa shape index (κ2) is 7.56. The fourth-order valence-electron chi connectivity index (χ4n) is 3.50. The van der Waals surface area contributed by atoms with Crippen molar-refractivity contribution >= 4 is 39.2 Å². The van der Waals surface area contributed by atoms with Crippen molar-refractivity contribution in [3.8, 4) is 0 Å². The van der Waals surface area contributed by atoms with Crippen LogP contribution in [-0.2, 0) is 24.2 Å². The highest BCUT2D eigenvalue weighted by molar-refractivity contribution is 8.00. The van der Waals surface area contributed by atoms with Gasteiger partial charge in [0.25, 0.3) is 0 Å². The molecule has 0 saturated heterocycles. The van der Waals surface area contributed by atoms with Crippen LogP contribution in [0.4, 0.5) is 4.39 Å². The highest BCUT2D eigenvalue weighted by Crippen LogP contribution is 2.41. The molecule has 0 spiro atoms. The number of amides is 1. The zero-order valence-electron chi connectivity index (χ0n) is 15.2. The Morgan fingerprint density at radius 2 is 2.22 bits per heavy atom. The second-order valence-electron chi connectivity index (χ2n) is 6.80. The normalized spacial score (nSPS) is 14.3. The monoisotopic (exact) mass is 401 g/mol. The number of thioether (sulfide) groups is 1. The molecule has 0 fully saturated rings. The number of nitrogens with zero attached hydrogens (tertiary/aromatic N) is 3. The van der Waals surface area contributed by atoms with Crippen LogP contribution >= 0.6 is 23.1 Å². The molecule has 140 valence electrons. The van der Waals surface area contributed by atoms with Crippen LogP contribution in [0.25, 0.3) is 10.2 Å². The van der Waals surface area contributed by atoms with E-state index in [0.29, 0.717) is 6.54 Å². The Morgan fingerprint density at radius 1 is 1.37 bits per heavy atom. The van der Waals surface area contributed by atoms with Gasteiger partial charge in [-0.2, -0.15) is 0 Å². The molecule has 0 aliphatic heterocycles. The summed E-state index contributed by atoms with van der Waals surface area (Å²) >= 11 is 3.23. The molecule has 7 heteroatoms. The van der Waals surface area contributed by atoms with Crippen LogP contribution in [0.15, 0.2) is 35.6 Å². The maximum Gasteiger partial charge on any atom is 0.235 e. The summed E-state index contributed by atoms with van der Waals surface area (Å²) < 4.78 is 13.4. The van der Waals surface area contributed by atoms with Gasteiger partial charge >= 0.3 is 0 Å². The topological polar surface area (TPSA) is 46.1 Å². The van der Waals surface area contributed by atoms with Gasteiger partial charge in [0.15, 0.2) is 0 Å². The van der Waals surface area contributed by atoms with Gasteiger partial charge in [-0.3, -0.25) is 4.79 Å². The number of benzene rings is 1. The van der Waals surface area contributed by atoms with Crippen LogP contribution in [0.1, 0.15) is 29.3 Å². The third-order valence-electron chi connectivity index (χ3n) is 4.79. The maximum absolute atomic E-state index is 13.4. The molecule has 1 atom stereocenters. The van der Waals surface area contributed by atoms with Crippen molar-refractivity contribution in [3.05, 3.63) is 52.4 Å². The van der Waals surface area contributed by atoms with Crippen LogP contribution in [-0.4, -0.2) is 33.1 Å². The number of carbonyl (C=O) groups is 1. The molecule has 4 nitrogen and oxygen atoms in total. The molecule has 1 aliphatic carbocycles. The Bertz CT molecular complexity index is 1000. The van der Waals surface area contributed by atoms with E-state index in [9.17, 15) is 9.18 Å². The Labute approximate surface area is 165 Å². The van der Waals surface area contributed by atoms with E-state index in [2.05, 4.69) is 9.97 Å². The average Bonchev–Trinajstić information content (AvgIpc) is 3.22. The molecule has 0 bridgehead atoms. The lowest BCUT2D eigenvalue weighted by Gasteiger charge is -2.21. The highest BCUT2D eigenvalue weighted by atomic mass is 32.2. The summed E-state index contributed by atoms with van der Waals surface area (Å²) in [7, 11) is 1.75. The molecule has 0 N–H and O–H groups in total. The van der Waals surface area contributed by atoms with E-state index in [1.54, 1.807) is 35.7 Å². The van der Waals surface area contributed by atoms with Crippen LogP contribution < -0.4 is 0 Å². The second-order valence-corrected chi connectivity index (χ2v) is 9.21. The Kier molecular flexibility index (Phi) is 5.14. The number of hydrogen-bond donors (Lipinski definition) is 0. The number of halogens is 1. The molecular weight excluding hydrogens is 381 g/mol. The zero-order valence-corrected chi connectivity index (χ0v) is 16.9. The maximum atomic E-state index is 13.4. The number of carbonyl (C=O) groups excluding carboxylic acids is 1. The minimum atomic E-state index is -0.287. The number of hydrogen-bond acceptors (Lipinski definition) is 5. The van der Waals surface area contributed by atoms with Gasteiger partial charge in [0.2, 0.25) is 5.91 Å². The van der Waals surface area contributed by atoms with Crippen LogP contribution in [0.2, 0.25) is 0 Å². The van der Waals surface area contributed by atoms with Gasteiger partial charge in [-0.05, 0) is 49.4 Å². The number of rotatable bonds is 5. The van der Waals surface area contributed by atoms with E-state index in [1.165, 1.54) is 40.8 Å². The first-order chi connectivity index (χ1) is 13.0. The number of aryl methyl sites for hydroxylation is 2. The quantitative estimate of drug-likeness (QED) is 0.468. The third-order valence-corrected chi connectivity index (χ3v) is 7.08. The minimum Gasteiger partial charge on any atom is -0.340 e. The molecule has 2 aromatic heterocycles. The van der Waals surface area contributed by atoms with Gasteiger partial charge in [-0.25, -0.2) is 14.4 Å². The first-order valence-corrected chi connectivity index (χ1v) is 10.6. The summed E-state index contributed by atoms with van der Waals surface area (Å²) in [4.78, 5) is 25.8. The number of aromatic nitrogens is 2. The molecule has 2 heterocycles. The first kappa shape index (κ1) is 18.4. The van der Waals surface area contributed by atoms with Crippen molar-refractivity contribution < 1.29 is 9.18 Å². The largest absolute Gasteiger partial charge is 0.340 e. The van der Waals surface area contributed by atoms with Gasteiger partial charge in [-0.1, -0.05) is 23.9 Å². The van der Waals surface area contributed by atoms with Crippen LogP contribution in [0, 0.1) is 5.82 Å². The molecule has 1 aromatic carbocycles.